The van der Waals surface area contributed by atoms with Gasteiger partial charge in [0.15, 0.2) is 0 Å². The summed E-state index contributed by atoms with van der Waals surface area (Å²) in [6.45, 7) is 1.93. The summed E-state index contributed by atoms with van der Waals surface area (Å²) in [7, 11) is 0. The largest absolute Gasteiger partial charge is 0.369 e. The second-order valence-corrected chi connectivity index (χ2v) is 5.09. The second-order valence-electron chi connectivity index (χ2n) is 5.09. The molecule has 0 bridgehead atoms. The molecule has 0 aromatic carbocycles. The van der Waals surface area contributed by atoms with E-state index in [0.717, 1.165) is 37.3 Å². The molecule has 5 heteroatoms. The molecule has 2 heterocycles. The second kappa shape index (κ2) is 4.14. The third kappa shape index (κ3) is 2.20. The number of rotatable bonds is 2. The van der Waals surface area contributed by atoms with Crippen LogP contribution in [0, 0.1) is 0 Å². The Morgan fingerprint density at radius 3 is 2.65 bits per heavy atom. The van der Waals surface area contributed by atoms with Crippen molar-refractivity contribution in [1.29, 1.82) is 0 Å². The average molecular weight is 234 g/mol. The third-order valence-corrected chi connectivity index (χ3v) is 3.69. The highest BCUT2D eigenvalue weighted by molar-refractivity contribution is 5.51. The van der Waals surface area contributed by atoms with Crippen LogP contribution < -0.4 is 16.3 Å². The Hall–Kier alpha value is -1.36. The topological polar surface area (TPSA) is 75.0 Å². The fourth-order valence-corrected chi connectivity index (χ4v) is 2.48. The number of hydrogen-bond donors (Lipinski definition) is 2. The van der Waals surface area contributed by atoms with Crippen molar-refractivity contribution >= 4 is 5.69 Å². The van der Waals surface area contributed by atoms with E-state index < -0.39 is 0 Å². The molecule has 0 amide bonds. The first-order valence-corrected chi connectivity index (χ1v) is 6.34. The number of hydrogen-bond acceptors (Lipinski definition) is 4. The summed E-state index contributed by atoms with van der Waals surface area (Å²) >= 11 is 0. The summed E-state index contributed by atoms with van der Waals surface area (Å²) < 4.78 is 0. The van der Waals surface area contributed by atoms with Crippen LogP contribution in [0.5, 0.6) is 0 Å². The number of nitrogens with one attached hydrogen (secondary N) is 1. The molecule has 1 aromatic heterocycles. The summed E-state index contributed by atoms with van der Waals surface area (Å²) in [6.07, 6.45) is 6.12. The SMILES string of the molecule is NC1CCN(c2cnc(=O)[nH]c2C2CC2)CC1. The lowest BCUT2D eigenvalue weighted by molar-refractivity contribution is 0.499. The highest BCUT2D eigenvalue weighted by atomic mass is 16.1. The number of aromatic nitrogens is 2. The maximum atomic E-state index is 11.3. The van der Waals surface area contributed by atoms with Crippen molar-refractivity contribution in [2.24, 2.45) is 5.73 Å². The van der Waals surface area contributed by atoms with Gasteiger partial charge < -0.3 is 15.6 Å². The third-order valence-electron chi connectivity index (χ3n) is 3.69. The highest BCUT2D eigenvalue weighted by Gasteiger charge is 2.30. The van der Waals surface area contributed by atoms with Gasteiger partial charge in [0.25, 0.3) is 0 Å². The lowest BCUT2D eigenvalue weighted by Crippen LogP contribution is -2.40. The lowest BCUT2D eigenvalue weighted by Gasteiger charge is -2.32. The summed E-state index contributed by atoms with van der Waals surface area (Å²) in [5.41, 5.74) is 7.87. The van der Waals surface area contributed by atoms with Crippen molar-refractivity contribution in [3.63, 3.8) is 0 Å². The molecule has 2 aliphatic rings. The van der Waals surface area contributed by atoms with Crippen molar-refractivity contribution in [3.05, 3.63) is 22.4 Å². The first kappa shape index (κ1) is 10.8. The zero-order valence-corrected chi connectivity index (χ0v) is 9.85. The molecule has 3 rings (SSSR count). The number of nitrogens with zero attached hydrogens (tertiary/aromatic N) is 2. The van der Waals surface area contributed by atoms with E-state index in [1.807, 2.05) is 0 Å². The summed E-state index contributed by atoms with van der Waals surface area (Å²) in [4.78, 5) is 20.4. The molecule has 0 atom stereocenters. The van der Waals surface area contributed by atoms with Crippen molar-refractivity contribution in [1.82, 2.24) is 9.97 Å². The fraction of sp³-hybridized carbons (Fsp3) is 0.667. The molecule has 92 valence electrons. The number of piperidine rings is 1. The fourth-order valence-electron chi connectivity index (χ4n) is 2.48. The van der Waals surface area contributed by atoms with E-state index in [0.29, 0.717) is 12.0 Å². The van der Waals surface area contributed by atoms with Gasteiger partial charge in [-0.2, -0.15) is 4.98 Å². The van der Waals surface area contributed by atoms with Gasteiger partial charge in [0.05, 0.1) is 11.9 Å². The maximum Gasteiger partial charge on any atom is 0.345 e. The summed E-state index contributed by atoms with van der Waals surface area (Å²) in [5, 5.41) is 0. The smallest absolute Gasteiger partial charge is 0.345 e. The Bertz CT molecular complexity index is 458. The van der Waals surface area contributed by atoms with Crippen LogP contribution in [0.15, 0.2) is 11.0 Å². The monoisotopic (exact) mass is 234 g/mol. The molecule has 17 heavy (non-hydrogen) atoms. The summed E-state index contributed by atoms with van der Waals surface area (Å²) in [6, 6.07) is 0.325. The van der Waals surface area contributed by atoms with Gasteiger partial charge in [-0.1, -0.05) is 0 Å². The minimum absolute atomic E-state index is 0.232. The van der Waals surface area contributed by atoms with Crippen LogP contribution in [0.25, 0.3) is 0 Å². The Kier molecular flexibility index (Phi) is 2.63. The van der Waals surface area contributed by atoms with Crippen molar-refractivity contribution in [3.8, 4) is 0 Å². The first-order chi connectivity index (χ1) is 8.24. The standard InChI is InChI=1S/C12H18N4O/c13-9-3-5-16(6-4-9)10-7-14-12(17)15-11(10)8-1-2-8/h7-9H,1-6,13H2,(H,14,15,17). The van der Waals surface area contributed by atoms with Crippen LogP contribution in [0.3, 0.4) is 0 Å². The number of aromatic amines is 1. The molecule has 2 fully saturated rings. The van der Waals surface area contributed by atoms with Crippen LogP contribution in [0.2, 0.25) is 0 Å². The van der Waals surface area contributed by atoms with E-state index in [2.05, 4.69) is 14.9 Å². The molecule has 0 unspecified atom stereocenters. The van der Waals surface area contributed by atoms with Gasteiger partial charge in [0.1, 0.15) is 0 Å². The van der Waals surface area contributed by atoms with Gasteiger partial charge >= 0.3 is 5.69 Å². The molecule has 1 saturated heterocycles. The molecule has 1 aliphatic carbocycles. The molecule has 0 spiro atoms. The van der Waals surface area contributed by atoms with E-state index in [9.17, 15) is 4.79 Å². The molecule has 1 aromatic rings. The molecular weight excluding hydrogens is 216 g/mol. The molecule has 5 nitrogen and oxygen atoms in total. The van der Waals surface area contributed by atoms with Crippen LogP contribution in [-0.2, 0) is 0 Å². The quantitative estimate of drug-likeness (QED) is 0.784. The molecule has 3 N–H and O–H groups in total. The van der Waals surface area contributed by atoms with E-state index in [1.165, 1.54) is 12.8 Å². The average Bonchev–Trinajstić information content (AvgIpc) is 3.14. The van der Waals surface area contributed by atoms with Crippen LogP contribution >= 0.6 is 0 Å². The molecule has 1 saturated carbocycles. The number of anilines is 1. The highest BCUT2D eigenvalue weighted by Crippen LogP contribution is 2.42. The molecule has 0 radical (unpaired) electrons. The van der Waals surface area contributed by atoms with Crippen molar-refractivity contribution in [2.45, 2.75) is 37.6 Å². The van der Waals surface area contributed by atoms with Gasteiger partial charge in [0, 0.05) is 30.7 Å². The van der Waals surface area contributed by atoms with Gasteiger partial charge in [-0.3, -0.25) is 0 Å². The van der Waals surface area contributed by atoms with E-state index in [-0.39, 0.29) is 5.69 Å². The van der Waals surface area contributed by atoms with Crippen LogP contribution in [0.4, 0.5) is 5.69 Å². The van der Waals surface area contributed by atoms with Crippen molar-refractivity contribution in [2.75, 3.05) is 18.0 Å². The number of nitrogens with two attached hydrogens (primary N) is 1. The van der Waals surface area contributed by atoms with Gasteiger partial charge in [0.2, 0.25) is 0 Å². The predicted octanol–water partition coefficient (Wildman–Crippen LogP) is 0.575. The predicted molar refractivity (Wildman–Crippen MR) is 66.3 cm³/mol. The Labute approximate surface area is 100 Å². The maximum absolute atomic E-state index is 11.3. The van der Waals surface area contributed by atoms with E-state index in [4.69, 9.17) is 5.73 Å². The van der Waals surface area contributed by atoms with Gasteiger partial charge in [-0.25, -0.2) is 4.79 Å². The minimum Gasteiger partial charge on any atom is -0.369 e. The molecular formula is C12H18N4O. The zero-order valence-electron chi connectivity index (χ0n) is 9.85. The zero-order chi connectivity index (χ0) is 11.8. The Morgan fingerprint density at radius 1 is 1.29 bits per heavy atom. The van der Waals surface area contributed by atoms with Crippen molar-refractivity contribution < 1.29 is 0 Å². The Morgan fingerprint density at radius 2 is 2.00 bits per heavy atom. The van der Waals surface area contributed by atoms with E-state index in [1.54, 1.807) is 6.20 Å². The number of H-pyrrole nitrogens is 1. The first-order valence-electron chi connectivity index (χ1n) is 6.34. The van der Waals surface area contributed by atoms with E-state index >= 15 is 0 Å². The van der Waals surface area contributed by atoms with Gasteiger partial charge in [-0.05, 0) is 25.7 Å². The molecule has 1 aliphatic heterocycles. The minimum atomic E-state index is -0.232. The Balaban J connectivity index is 1.88. The summed E-state index contributed by atoms with van der Waals surface area (Å²) in [5.74, 6) is 0.538. The van der Waals surface area contributed by atoms with Gasteiger partial charge in [-0.15, -0.1) is 0 Å². The van der Waals surface area contributed by atoms with Crippen LogP contribution in [0.1, 0.15) is 37.3 Å². The van der Waals surface area contributed by atoms with Crippen LogP contribution in [-0.4, -0.2) is 29.1 Å². The normalized spacial score (nSPS) is 21.8. The lowest BCUT2D eigenvalue weighted by atomic mass is 10.0.